The van der Waals surface area contributed by atoms with Gasteiger partial charge in [0.2, 0.25) is 5.91 Å². The molecule has 1 amide bonds. The van der Waals surface area contributed by atoms with Gasteiger partial charge in [-0.1, -0.05) is 20.8 Å². The summed E-state index contributed by atoms with van der Waals surface area (Å²) in [4.78, 5) is 21.9. The van der Waals surface area contributed by atoms with Crippen molar-refractivity contribution in [1.29, 1.82) is 0 Å². The molecule has 0 saturated carbocycles. The molecule has 178 valence electrons. The van der Waals surface area contributed by atoms with Crippen molar-refractivity contribution in [3.8, 4) is 0 Å². The summed E-state index contributed by atoms with van der Waals surface area (Å²) in [6.45, 7) is 12.9. The van der Waals surface area contributed by atoms with Crippen LogP contribution in [0.3, 0.4) is 0 Å². The van der Waals surface area contributed by atoms with E-state index < -0.39 is 17.9 Å². The van der Waals surface area contributed by atoms with E-state index >= 15 is 0 Å². The topological polar surface area (TPSA) is 54.3 Å². The monoisotopic (exact) mass is 535 g/mol. The second-order valence-corrected chi connectivity index (χ2v) is 10.9. The first-order chi connectivity index (χ1) is 14.8. The van der Waals surface area contributed by atoms with Crippen LogP contribution >= 0.6 is 27.3 Å². The van der Waals surface area contributed by atoms with Gasteiger partial charge in [0.1, 0.15) is 6.04 Å². The molecule has 1 unspecified atom stereocenters. The summed E-state index contributed by atoms with van der Waals surface area (Å²) in [5.41, 5.74) is 0.333. The highest BCUT2D eigenvalue weighted by molar-refractivity contribution is 9.10. The van der Waals surface area contributed by atoms with Crippen molar-refractivity contribution >= 4 is 33.2 Å². The summed E-state index contributed by atoms with van der Waals surface area (Å²) in [5, 5.41) is 6.89. The summed E-state index contributed by atoms with van der Waals surface area (Å²) in [5.74, 6) is -0.220. The van der Waals surface area contributed by atoms with Gasteiger partial charge in [0.25, 0.3) is 0 Å². The minimum atomic E-state index is -4.58. The van der Waals surface area contributed by atoms with Crippen molar-refractivity contribution in [1.82, 2.24) is 24.6 Å². The van der Waals surface area contributed by atoms with Gasteiger partial charge in [-0.2, -0.15) is 18.3 Å². The molecule has 6 nitrogen and oxygen atoms in total. The van der Waals surface area contributed by atoms with E-state index in [1.807, 2.05) is 0 Å². The van der Waals surface area contributed by atoms with Crippen molar-refractivity contribution in [2.45, 2.75) is 65.2 Å². The number of amides is 1. The van der Waals surface area contributed by atoms with Crippen LogP contribution < -0.4 is 0 Å². The number of hydrogen-bond donors (Lipinski definition) is 0. The summed E-state index contributed by atoms with van der Waals surface area (Å²) >= 11 is 4.64. The molecule has 32 heavy (non-hydrogen) atoms. The minimum Gasteiger partial charge on any atom is -0.340 e. The maximum absolute atomic E-state index is 13.2. The number of carbonyl (C=O) groups is 1. The van der Waals surface area contributed by atoms with Gasteiger partial charge in [-0.15, -0.1) is 11.3 Å². The molecular weight excluding hydrogens is 507 g/mol. The molecule has 0 radical (unpaired) electrons. The maximum atomic E-state index is 13.2. The first-order valence-corrected chi connectivity index (χ1v) is 12.2. The fourth-order valence-electron chi connectivity index (χ4n) is 3.73. The molecule has 3 heterocycles. The van der Waals surface area contributed by atoms with Gasteiger partial charge in [0, 0.05) is 43.5 Å². The van der Waals surface area contributed by atoms with Gasteiger partial charge >= 0.3 is 6.18 Å². The molecule has 1 aliphatic rings. The lowest BCUT2D eigenvalue weighted by Crippen LogP contribution is -2.39. The number of thiazole rings is 1. The summed E-state index contributed by atoms with van der Waals surface area (Å²) in [6.07, 6.45) is -3.78. The lowest BCUT2D eigenvalue weighted by molar-refractivity contribution is -0.143. The Morgan fingerprint density at radius 2 is 1.91 bits per heavy atom. The van der Waals surface area contributed by atoms with Crippen LogP contribution in [0.1, 0.15) is 62.2 Å². The number of halogens is 4. The van der Waals surface area contributed by atoms with Crippen molar-refractivity contribution in [3.63, 3.8) is 0 Å². The molecular formula is C21H29BrF3N5OS. The highest BCUT2D eigenvalue weighted by Crippen LogP contribution is 2.36. The van der Waals surface area contributed by atoms with Crippen LogP contribution in [0.15, 0.2) is 9.85 Å². The van der Waals surface area contributed by atoms with Crippen molar-refractivity contribution in [2.75, 3.05) is 26.2 Å². The quantitative estimate of drug-likeness (QED) is 0.551. The second-order valence-electron chi connectivity index (χ2n) is 9.22. The molecule has 2 aromatic heterocycles. The zero-order valence-electron chi connectivity index (χ0n) is 19.0. The fourth-order valence-corrected chi connectivity index (χ4v) is 5.11. The van der Waals surface area contributed by atoms with Crippen LogP contribution in [-0.2, 0) is 22.9 Å². The SMILES string of the molecule is Cc1c(Br)c(C(F)(F)F)nn1C(C)C(=O)N1CCCN(Cc2csc(C(C)(C)C)n2)CC1. The second kappa shape index (κ2) is 9.42. The summed E-state index contributed by atoms with van der Waals surface area (Å²) in [6, 6.07) is -0.818. The Hall–Kier alpha value is -1.46. The molecule has 3 rings (SSSR count). The van der Waals surface area contributed by atoms with Gasteiger partial charge in [-0.05, 0) is 36.2 Å². The van der Waals surface area contributed by atoms with E-state index in [4.69, 9.17) is 4.98 Å². The predicted molar refractivity (Wildman–Crippen MR) is 122 cm³/mol. The lowest BCUT2D eigenvalue weighted by atomic mass is 9.98. The van der Waals surface area contributed by atoms with Crippen molar-refractivity contribution in [3.05, 3.63) is 31.9 Å². The van der Waals surface area contributed by atoms with E-state index in [9.17, 15) is 18.0 Å². The Kier molecular flexibility index (Phi) is 7.41. The number of rotatable bonds is 4. The minimum absolute atomic E-state index is 0.0205. The van der Waals surface area contributed by atoms with Crippen molar-refractivity contribution in [2.24, 2.45) is 0 Å². The van der Waals surface area contributed by atoms with Gasteiger partial charge in [0.05, 0.1) is 20.9 Å². The summed E-state index contributed by atoms with van der Waals surface area (Å²) < 4.78 is 40.6. The van der Waals surface area contributed by atoms with Crippen molar-refractivity contribution < 1.29 is 18.0 Å². The highest BCUT2D eigenvalue weighted by atomic mass is 79.9. The number of hydrogen-bond acceptors (Lipinski definition) is 5. The molecule has 1 saturated heterocycles. The van der Waals surface area contributed by atoms with Crippen LogP contribution in [0.25, 0.3) is 0 Å². The third-order valence-electron chi connectivity index (χ3n) is 5.55. The van der Waals surface area contributed by atoms with Gasteiger partial charge in [-0.25, -0.2) is 4.98 Å². The third kappa shape index (κ3) is 5.53. The number of alkyl halides is 3. The number of aromatic nitrogens is 3. The third-order valence-corrected chi connectivity index (χ3v) is 7.82. The average molecular weight is 536 g/mol. The lowest BCUT2D eigenvalue weighted by Gasteiger charge is -2.25. The molecule has 0 N–H and O–H groups in total. The molecule has 1 fully saturated rings. The molecule has 1 aliphatic heterocycles. The van der Waals surface area contributed by atoms with Crippen LogP contribution in [0.4, 0.5) is 13.2 Å². The number of carbonyl (C=O) groups excluding carboxylic acids is 1. The van der Waals surface area contributed by atoms with Gasteiger partial charge < -0.3 is 4.90 Å². The Morgan fingerprint density at radius 3 is 2.47 bits per heavy atom. The maximum Gasteiger partial charge on any atom is 0.436 e. The summed E-state index contributed by atoms with van der Waals surface area (Å²) in [7, 11) is 0. The molecule has 0 bridgehead atoms. The van der Waals surface area contributed by atoms with Crippen LogP contribution in [0.2, 0.25) is 0 Å². The first kappa shape index (κ1) is 25.2. The van der Waals surface area contributed by atoms with E-state index in [2.05, 4.69) is 52.1 Å². The Bertz CT molecular complexity index is 966. The van der Waals surface area contributed by atoms with Crippen LogP contribution in [0.5, 0.6) is 0 Å². The fraction of sp³-hybridized carbons (Fsp3) is 0.667. The smallest absolute Gasteiger partial charge is 0.340 e. The standard InChI is InChI=1S/C21H29BrF3N5OS/c1-13-16(22)17(21(23,24)25)27-30(13)14(2)18(31)29-8-6-7-28(9-10-29)11-15-12-32-19(26-15)20(3,4)5/h12,14H,6-11H2,1-5H3. The Balaban J connectivity index is 1.65. The van der Waals surface area contributed by atoms with E-state index in [0.717, 1.165) is 30.2 Å². The Labute approximate surface area is 198 Å². The van der Waals surface area contributed by atoms with E-state index in [1.165, 1.54) is 11.6 Å². The van der Waals surface area contributed by atoms with E-state index in [0.29, 0.717) is 19.6 Å². The number of nitrogens with zero attached hydrogens (tertiary/aromatic N) is 5. The van der Waals surface area contributed by atoms with E-state index in [-0.39, 0.29) is 21.5 Å². The van der Waals surface area contributed by atoms with Crippen LogP contribution in [0, 0.1) is 6.92 Å². The molecule has 1 atom stereocenters. The largest absolute Gasteiger partial charge is 0.436 e. The average Bonchev–Trinajstić information content (AvgIpc) is 3.19. The Morgan fingerprint density at radius 1 is 1.22 bits per heavy atom. The zero-order valence-corrected chi connectivity index (χ0v) is 21.4. The first-order valence-electron chi connectivity index (χ1n) is 10.6. The normalized spacial score (nSPS) is 17.5. The van der Waals surface area contributed by atoms with Gasteiger partial charge in [-0.3, -0.25) is 14.4 Å². The molecule has 11 heteroatoms. The zero-order chi connectivity index (χ0) is 23.8. The van der Waals surface area contributed by atoms with Gasteiger partial charge in [0.15, 0.2) is 5.69 Å². The van der Waals surface area contributed by atoms with Crippen LogP contribution in [-0.4, -0.2) is 56.7 Å². The molecule has 2 aromatic rings. The predicted octanol–water partition coefficient (Wildman–Crippen LogP) is 5.02. The molecule has 0 aliphatic carbocycles. The highest BCUT2D eigenvalue weighted by Gasteiger charge is 2.39. The van der Waals surface area contributed by atoms with E-state index in [1.54, 1.807) is 23.2 Å². The molecule has 0 aromatic carbocycles. The molecule has 0 spiro atoms.